The molecule has 0 amide bonds. The highest BCUT2D eigenvalue weighted by atomic mass is 32.2. The van der Waals surface area contributed by atoms with Crippen molar-refractivity contribution in [1.29, 1.82) is 0 Å². The van der Waals surface area contributed by atoms with E-state index in [4.69, 9.17) is 0 Å². The van der Waals surface area contributed by atoms with Crippen LogP contribution >= 0.6 is 0 Å². The molecule has 0 N–H and O–H groups in total. The Bertz CT molecular complexity index is 534. The second kappa shape index (κ2) is 5.74. The molecule has 2 aromatic carbocycles. The molecule has 2 aromatic rings. The third-order valence-corrected chi connectivity index (χ3v) is 4.11. The minimum Gasteiger partial charge on any atom is -0.869 e. The highest BCUT2D eigenvalue weighted by Crippen LogP contribution is 2.17. The van der Waals surface area contributed by atoms with Crippen LogP contribution < -0.4 is 5.11 Å². The molecule has 1 nitrogen and oxygen atoms in total. The summed E-state index contributed by atoms with van der Waals surface area (Å²) in [5.41, 5.74) is 0.680. The molecule has 0 spiro atoms. The molecule has 92 valence electrons. The Morgan fingerprint density at radius 2 is 1.67 bits per heavy atom. The summed E-state index contributed by atoms with van der Waals surface area (Å²) in [6, 6.07) is 15.4. The van der Waals surface area contributed by atoms with E-state index in [2.05, 4.69) is 0 Å². The smallest absolute Gasteiger partial charge is 0.159 e. The zero-order valence-corrected chi connectivity index (χ0v) is 10.8. The summed E-state index contributed by atoms with van der Waals surface area (Å²) in [6.07, 6.45) is 1.95. The average Bonchev–Trinajstić information content (AvgIpc) is 2.40. The SMILES string of the molecule is C[S+](/C=C(\[O-])c1ccccc1)c1ccc(F)cc1. The summed E-state index contributed by atoms with van der Waals surface area (Å²) < 4.78 is 12.8. The monoisotopic (exact) mass is 260 g/mol. The summed E-state index contributed by atoms with van der Waals surface area (Å²) in [6.45, 7) is 0. The fourth-order valence-corrected chi connectivity index (χ4v) is 2.71. The molecule has 0 aliphatic carbocycles. The van der Waals surface area contributed by atoms with Gasteiger partial charge in [0.1, 0.15) is 17.5 Å². The summed E-state index contributed by atoms with van der Waals surface area (Å²) in [7, 11) is -0.313. The van der Waals surface area contributed by atoms with E-state index in [9.17, 15) is 9.50 Å². The molecular formula is C15H13FOS. The second-order valence-electron chi connectivity index (χ2n) is 3.86. The van der Waals surface area contributed by atoms with Gasteiger partial charge in [0.25, 0.3) is 0 Å². The van der Waals surface area contributed by atoms with Gasteiger partial charge in [0.05, 0.1) is 10.9 Å². The first-order valence-corrected chi connectivity index (χ1v) is 7.21. The number of rotatable bonds is 3. The van der Waals surface area contributed by atoms with Crippen LogP contribution in [0.3, 0.4) is 0 Å². The standard InChI is InChI=1S/C15H13FOS/c1-18(14-9-7-13(16)8-10-14)11-15(17)12-5-3-2-4-6-12/h2-11H,1H3/b15-11-. The van der Waals surface area contributed by atoms with Gasteiger partial charge in [0.15, 0.2) is 4.90 Å². The lowest BCUT2D eigenvalue weighted by Gasteiger charge is -2.10. The van der Waals surface area contributed by atoms with E-state index in [1.807, 2.05) is 24.5 Å². The quantitative estimate of drug-likeness (QED) is 0.614. The Kier molecular flexibility index (Phi) is 4.05. The summed E-state index contributed by atoms with van der Waals surface area (Å²) >= 11 is 0. The molecule has 1 unspecified atom stereocenters. The van der Waals surface area contributed by atoms with E-state index in [1.165, 1.54) is 12.1 Å². The van der Waals surface area contributed by atoms with E-state index >= 15 is 0 Å². The summed E-state index contributed by atoms with van der Waals surface area (Å²) in [4.78, 5) is 0.959. The molecule has 0 heterocycles. The molecule has 0 saturated heterocycles. The number of benzene rings is 2. The van der Waals surface area contributed by atoms with E-state index < -0.39 is 0 Å². The van der Waals surface area contributed by atoms with E-state index in [0.717, 1.165) is 4.90 Å². The predicted octanol–water partition coefficient (Wildman–Crippen LogP) is 2.79. The fraction of sp³-hybridized carbons (Fsp3) is 0.0667. The molecule has 0 bridgehead atoms. The maximum atomic E-state index is 12.8. The largest absolute Gasteiger partial charge is 0.869 e. The summed E-state index contributed by atoms with van der Waals surface area (Å²) in [5.74, 6) is -0.254. The van der Waals surface area contributed by atoms with Crippen molar-refractivity contribution >= 4 is 16.7 Å². The van der Waals surface area contributed by atoms with Crippen molar-refractivity contribution in [3.05, 3.63) is 71.4 Å². The van der Waals surface area contributed by atoms with Gasteiger partial charge in [-0.2, -0.15) is 0 Å². The van der Waals surface area contributed by atoms with Crippen LogP contribution in [-0.4, -0.2) is 6.26 Å². The summed E-state index contributed by atoms with van der Waals surface area (Å²) in [5, 5.41) is 13.7. The molecule has 0 saturated carbocycles. The highest BCUT2D eigenvalue weighted by molar-refractivity contribution is 7.99. The molecule has 0 aliphatic rings. The molecule has 2 rings (SSSR count). The van der Waals surface area contributed by atoms with Crippen molar-refractivity contribution < 1.29 is 9.50 Å². The van der Waals surface area contributed by atoms with E-state index in [-0.39, 0.29) is 22.5 Å². The minimum atomic E-state index is -0.313. The van der Waals surface area contributed by atoms with Gasteiger partial charge < -0.3 is 5.11 Å². The Hall–Kier alpha value is -1.74. The molecule has 0 fully saturated rings. The van der Waals surface area contributed by atoms with Crippen molar-refractivity contribution in [2.75, 3.05) is 6.26 Å². The van der Waals surface area contributed by atoms with E-state index in [1.54, 1.807) is 29.7 Å². The Balaban J connectivity index is 2.20. The molecule has 0 aromatic heterocycles. The van der Waals surface area contributed by atoms with Crippen LogP contribution in [0.15, 0.2) is 64.9 Å². The van der Waals surface area contributed by atoms with Gasteiger partial charge in [-0.3, -0.25) is 0 Å². The molecule has 18 heavy (non-hydrogen) atoms. The average molecular weight is 260 g/mol. The van der Waals surface area contributed by atoms with Gasteiger partial charge in [0.2, 0.25) is 0 Å². The van der Waals surface area contributed by atoms with Crippen LogP contribution in [0.5, 0.6) is 0 Å². The van der Waals surface area contributed by atoms with Crippen molar-refractivity contribution in [2.24, 2.45) is 0 Å². The Labute approximate surface area is 109 Å². The molecule has 1 atom stereocenters. The zero-order valence-electron chi connectivity index (χ0n) is 9.97. The topological polar surface area (TPSA) is 23.1 Å². The Morgan fingerprint density at radius 1 is 1.06 bits per heavy atom. The number of hydrogen-bond donors (Lipinski definition) is 0. The van der Waals surface area contributed by atoms with Gasteiger partial charge in [-0.15, -0.1) is 0 Å². The third-order valence-electron chi connectivity index (χ3n) is 2.53. The van der Waals surface area contributed by atoms with Gasteiger partial charge in [0, 0.05) is 0 Å². The van der Waals surface area contributed by atoms with Gasteiger partial charge in [-0.05, 0) is 29.8 Å². The molecule has 0 aliphatic heterocycles. The van der Waals surface area contributed by atoms with Crippen LogP contribution in [0.2, 0.25) is 0 Å². The highest BCUT2D eigenvalue weighted by Gasteiger charge is 2.12. The first-order valence-electron chi connectivity index (χ1n) is 5.51. The predicted molar refractivity (Wildman–Crippen MR) is 72.4 cm³/mol. The lowest BCUT2D eigenvalue weighted by molar-refractivity contribution is -0.243. The van der Waals surface area contributed by atoms with Crippen molar-refractivity contribution in [2.45, 2.75) is 4.90 Å². The van der Waals surface area contributed by atoms with Crippen molar-refractivity contribution in [1.82, 2.24) is 0 Å². The van der Waals surface area contributed by atoms with Gasteiger partial charge in [-0.25, -0.2) is 4.39 Å². The lowest BCUT2D eigenvalue weighted by Crippen LogP contribution is -2.06. The van der Waals surface area contributed by atoms with Crippen molar-refractivity contribution in [3.8, 4) is 0 Å². The second-order valence-corrected chi connectivity index (χ2v) is 5.68. The first kappa shape index (κ1) is 12.7. The molecule has 0 radical (unpaired) electrons. The fourth-order valence-electron chi connectivity index (χ4n) is 1.55. The molecular weight excluding hydrogens is 247 g/mol. The van der Waals surface area contributed by atoms with Crippen LogP contribution in [0, 0.1) is 5.82 Å². The normalized spacial score (nSPS) is 13.3. The van der Waals surface area contributed by atoms with Crippen LogP contribution in [0.1, 0.15) is 5.56 Å². The number of halogens is 1. The molecule has 3 heteroatoms. The maximum Gasteiger partial charge on any atom is 0.159 e. The lowest BCUT2D eigenvalue weighted by atomic mass is 10.2. The van der Waals surface area contributed by atoms with E-state index in [0.29, 0.717) is 5.56 Å². The van der Waals surface area contributed by atoms with Crippen LogP contribution in [0.25, 0.3) is 5.76 Å². The Morgan fingerprint density at radius 3 is 2.28 bits per heavy atom. The number of hydrogen-bond acceptors (Lipinski definition) is 1. The van der Waals surface area contributed by atoms with Crippen LogP contribution in [-0.2, 0) is 10.9 Å². The van der Waals surface area contributed by atoms with Gasteiger partial charge >= 0.3 is 0 Å². The van der Waals surface area contributed by atoms with Crippen molar-refractivity contribution in [3.63, 3.8) is 0 Å². The van der Waals surface area contributed by atoms with Crippen LogP contribution in [0.4, 0.5) is 4.39 Å². The maximum absolute atomic E-state index is 12.8. The minimum absolute atomic E-state index is 0.00533. The van der Waals surface area contributed by atoms with Gasteiger partial charge in [-0.1, -0.05) is 36.1 Å². The third kappa shape index (κ3) is 3.14. The first-order chi connectivity index (χ1) is 8.66. The zero-order chi connectivity index (χ0) is 13.0.